The maximum atomic E-state index is 11.9. The van der Waals surface area contributed by atoms with E-state index >= 15 is 0 Å². The van der Waals surface area contributed by atoms with E-state index in [4.69, 9.17) is 23.7 Å². The molecule has 3 N–H and O–H groups in total. The predicted molar refractivity (Wildman–Crippen MR) is 226 cm³/mol. The Balaban J connectivity index is 0.000000466. The number of esters is 6. The van der Waals surface area contributed by atoms with E-state index in [-0.39, 0.29) is 62.4 Å². The summed E-state index contributed by atoms with van der Waals surface area (Å²) >= 11 is 0. The Labute approximate surface area is 369 Å². The van der Waals surface area contributed by atoms with E-state index < -0.39 is 57.2 Å². The summed E-state index contributed by atoms with van der Waals surface area (Å²) in [4.78, 5) is 68.9. The van der Waals surface area contributed by atoms with Crippen molar-refractivity contribution in [2.75, 3.05) is 19.8 Å². The molecule has 0 saturated carbocycles. The summed E-state index contributed by atoms with van der Waals surface area (Å²) in [5.74, 6) is -3.31. The zero-order chi connectivity index (χ0) is 48.1. The van der Waals surface area contributed by atoms with Crippen LogP contribution in [0.15, 0.2) is 0 Å². The molecule has 0 unspecified atom stereocenters. The van der Waals surface area contributed by atoms with Crippen LogP contribution in [0.4, 0.5) is 0 Å². The van der Waals surface area contributed by atoms with Gasteiger partial charge < -0.3 is 44.0 Å². The normalized spacial score (nSPS) is 22.0. The smallest absolute Gasteiger partial charge is 0.417 e. The number of rotatable bonds is 13. The van der Waals surface area contributed by atoms with Crippen LogP contribution in [0.25, 0.3) is 0 Å². The minimum atomic E-state index is -0.968. The maximum absolute atomic E-state index is 11.9. The van der Waals surface area contributed by atoms with Gasteiger partial charge in [0.2, 0.25) is 0 Å². The SMILES string of the molecule is CCOC(=O)C(=O)OC1CC(C)(C)N(O)C(C)(C)C1.CCOC(=O)CCC(=O)OC1CC(C)(C)N(O)C(C)(C)C1.CCOC(=O)CCCC(=O)OC1CC(C)(C)N(O)C(C)(C)C1. The zero-order valence-corrected chi connectivity index (χ0v) is 40.2. The first-order chi connectivity index (χ1) is 28.3. The monoisotopic (exact) mass is 890 g/mol. The fourth-order valence-electron chi connectivity index (χ4n) is 8.71. The molecule has 3 heterocycles. The van der Waals surface area contributed by atoms with Crippen molar-refractivity contribution in [1.29, 1.82) is 0 Å². The summed E-state index contributed by atoms with van der Waals surface area (Å²) in [7, 11) is 0. The molecule has 62 heavy (non-hydrogen) atoms. The third-order valence-corrected chi connectivity index (χ3v) is 11.0. The van der Waals surface area contributed by atoms with E-state index in [0.717, 1.165) is 0 Å². The van der Waals surface area contributed by atoms with Crippen LogP contribution in [0.3, 0.4) is 0 Å². The van der Waals surface area contributed by atoms with Gasteiger partial charge >= 0.3 is 35.8 Å². The highest BCUT2D eigenvalue weighted by molar-refractivity contribution is 6.29. The van der Waals surface area contributed by atoms with E-state index in [1.54, 1.807) is 20.8 Å². The van der Waals surface area contributed by atoms with Gasteiger partial charge in [-0.2, -0.15) is 15.2 Å². The van der Waals surface area contributed by atoms with Crippen LogP contribution in [-0.4, -0.2) is 138 Å². The molecule has 360 valence electrons. The Morgan fingerprint density at radius 1 is 0.403 bits per heavy atom. The van der Waals surface area contributed by atoms with Crippen LogP contribution in [-0.2, 0) is 57.2 Å². The number of piperidine rings is 3. The molecule has 0 aromatic heterocycles. The van der Waals surface area contributed by atoms with E-state index in [1.807, 2.05) is 83.1 Å². The summed E-state index contributed by atoms with van der Waals surface area (Å²) in [6, 6.07) is 0. The molecule has 3 aliphatic heterocycles. The van der Waals surface area contributed by atoms with Gasteiger partial charge in [-0.1, -0.05) is 0 Å². The molecule has 0 amide bonds. The Morgan fingerprint density at radius 2 is 0.661 bits per heavy atom. The van der Waals surface area contributed by atoms with Crippen molar-refractivity contribution in [3.05, 3.63) is 0 Å². The fraction of sp³-hybridized carbons (Fsp3) is 0.864. The van der Waals surface area contributed by atoms with Crippen molar-refractivity contribution >= 4 is 35.8 Å². The Morgan fingerprint density at radius 3 is 0.984 bits per heavy atom. The van der Waals surface area contributed by atoms with Gasteiger partial charge in [0.15, 0.2) is 0 Å². The molecule has 0 bridgehead atoms. The molecular formula is C44H79N3O15. The number of nitrogens with zero attached hydrogens (tertiary/aromatic N) is 3. The van der Waals surface area contributed by atoms with E-state index in [9.17, 15) is 44.4 Å². The van der Waals surface area contributed by atoms with Crippen LogP contribution >= 0.6 is 0 Å². The number of hydrogen-bond acceptors (Lipinski definition) is 18. The standard InChI is InChI=1S/C16H29NO5.C15H27NO5.C13H23NO5/c1-6-21-13(18)8-7-9-14(19)22-12-10-15(2,3)17(20)16(4,5)11-12;1-6-20-12(17)7-8-13(18)21-11-9-14(2,3)16(19)15(4,5)10-11;1-6-18-10(15)11(16)19-9-7-12(2,3)14(17)13(4,5)8-9/h12,20H,6-11H2,1-5H3;11,19H,6-10H2,1-5H3;9,17H,6-8H2,1-5H3. The van der Waals surface area contributed by atoms with Crippen LogP contribution < -0.4 is 0 Å². The van der Waals surface area contributed by atoms with Crippen molar-refractivity contribution in [1.82, 2.24) is 15.2 Å². The fourth-order valence-corrected chi connectivity index (χ4v) is 8.71. The molecule has 18 heteroatoms. The highest BCUT2D eigenvalue weighted by Crippen LogP contribution is 2.40. The summed E-state index contributed by atoms with van der Waals surface area (Å²) in [6.07, 6.45) is 3.23. The lowest BCUT2D eigenvalue weighted by Crippen LogP contribution is -2.60. The van der Waals surface area contributed by atoms with Crippen LogP contribution in [0.2, 0.25) is 0 Å². The minimum absolute atomic E-state index is 0.0268. The van der Waals surface area contributed by atoms with Crippen LogP contribution in [0.1, 0.15) is 174 Å². The summed E-state index contributed by atoms with van der Waals surface area (Å²) in [6.45, 7) is 28.7. The molecule has 0 aromatic carbocycles. The molecule has 0 radical (unpaired) electrons. The first kappa shape index (κ1) is 56.6. The second kappa shape index (κ2) is 23.5. The second-order valence-electron chi connectivity index (χ2n) is 20.0. The van der Waals surface area contributed by atoms with Crippen molar-refractivity contribution in [2.45, 2.75) is 226 Å². The van der Waals surface area contributed by atoms with Crippen LogP contribution in [0, 0.1) is 0 Å². The van der Waals surface area contributed by atoms with Gasteiger partial charge in [0.25, 0.3) is 0 Å². The highest BCUT2D eigenvalue weighted by Gasteiger charge is 2.49. The number of carbonyl (C=O) groups excluding carboxylic acids is 6. The van der Waals surface area contributed by atoms with Gasteiger partial charge in [0.05, 0.1) is 32.7 Å². The molecular weight excluding hydrogens is 810 g/mol. The number of hydroxylamine groups is 6. The van der Waals surface area contributed by atoms with Crippen LogP contribution in [0.5, 0.6) is 0 Å². The molecule has 3 fully saturated rings. The molecule has 0 aromatic rings. The van der Waals surface area contributed by atoms with E-state index in [1.165, 1.54) is 15.2 Å². The first-order valence-corrected chi connectivity index (χ1v) is 21.8. The lowest BCUT2D eigenvalue weighted by atomic mass is 9.80. The molecule has 3 aliphatic rings. The quantitative estimate of drug-likeness (QED) is 0.102. The molecule has 18 nitrogen and oxygen atoms in total. The average molecular weight is 890 g/mol. The third kappa shape index (κ3) is 18.0. The van der Waals surface area contributed by atoms with Crippen molar-refractivity contribution in [3.8, 4) is 0 Å². The molecule has 0 spiro atoms. The van der Waals surface area contributed by atoms with Crippen molar-refractivity contribution < 1.29 is 72.8 Å². The Bertz CT molecular complexity index is 1460. The van der Waals surface area contributed by atoms with Crippen molar-refractivity contribution in [3.63, 3.8) is 0 Å². The third-order valence-electron chi connectivity index (χ3n) is 11.0. The zero-order valence-electron chi connectivity index (χ0n) is 40.2. The van der Waals surface area contributed by atoms with Gasteiger partial charge in [-0.3, -0.25) is 19.2 Å². The first-order valence-electron chi connectivity index (χ1n) is 21.8. The Kier molecular flexibility index (Phi) is 21.4. The largest absolute Gasteiger partial charge is 0.466 e. The lowest BCUT2D eigenvalue weighted by molar-refractivity contribution is -0.259. The summed E-state index contributed by atoms with van der Waals surface area (Å²) in [5, 5.41) is 34.5. The van der Waals surface area contributed by atoms with E-state index in [0.29, 0.717) is 58.2 Å². The van der Waals surface area contributed by atoms with Gasteiger partial charge in [0, 0.05) is 84.6 Å². The molecule has 3 rings (SSSR count). The Hall–Kier alpha value is -3.42. The lowest BCUT2D eigenvalue weighted by Gasteiger charge is -2.50. The summed E-state index contributed by atoms with van der Waals surface area (Å²) in [5.41, 5.74) is -2.88. The van der Waals surface area contributed by atoms with Gasteiger partial charge in [-0.05, 0) is 110 Å². The second-order valence-corrected chi connectivity index (χ2v) is 20.0. The maximum Gasteiger partial charge on any atom is 0.417 e. The van der Waals surface area contributed by atoms with Gasteiger partial charge in [0.1, 0.15) is 18.3 Å². The number of carbonyl (C=O) groups is 6. The van der Waals surface area contributed by atoms with Crippen molar-refractivity contribution in [2.24, 2.45) is 0 Å². The van der Waals surface area contributed by atoms with Gasteiger partial charge in [-0.15, -0.1) is 0 Å². The predicted octanol–water partition coefficient (Wildman–Crippen LogP) is 6.46. The van der Waals surface area contributed by atoms with Gasteiger partial charge in [-0.25, -0.2) is 9.59 Å². The highest BCUT2D eigenvalue weighted by atomic mass is 16.6. The molecule has 0 aliphatic carbocycles. The van der Waals surface area contributed by atoms with E-state index in [2.05, 4.69) is 4.74 Å². The minimum Gasteiger partial charge on any atom is -0.466 e. The molecule has 0 atom stereocenters. The number of ether oxygens (including phenoxy) is 6. The molecule has 3 saturated heterocycles. The topological polar surface area (TPSA) is 228 Å². The number of hydrogen-bond donors (Lipinski definition) is 3. The average Bonchev–Trinajstić information content (AvgIpc) is 3.11. The summed E-state index contributed by atoms with van der Waals surface area (Å²) < 4.78 is 30.3.